The van der Waals surface area contributed by atoms with Crippen molar-refractivity contribution in [3.8, 4) is 0 Å². The smallest absolute Gasteiger partial charge is 0.0155 e. The van der Waals surface area contributed by atoms with E-state index in [1.807, 2.05) is 0 Å². The standard InChI is InChI=1S/C16H29N/c1-8-12(2)13(3)9-15-10-14(4)17(7)16(5,6)11-15/h8,14-15H,3,9-11H2,1-2,4-7H3. The molecule has 1 aliphatic rings. The van der Waals surface area contributed by atoms with Gasteiger partial charge in [0.05, 0.1) is 0 Å². The van der Waals surface area contributed by atoms with Crippen LogP contribution in [0.3, 0.4) is 0 Å². The second-order valence-electron chi connectivity index (χ2n) is 6.36. The number of allylic oxidation sites excluding steroid dienone is 3. The lowest BCUT2D eigenvalue weighted by atomic mass is 9.76. The van der Waals surface area contributed by atoms with Gasteiger partial charge in [-0.15, -0.1) is 0 Å². The number of hydrogen-bond donors (Lipinski definition) is 0. The van der Waals surface area contributed by atoms with E-state index in [2.05, 4.69) is 59.2 Å². The number of nitrogens with zero attached hydrogens (tertiary/aromatic N) is 1. The highest BCUT2D eigenvalue weighted by molar-refractivity contribution is 5.25. The van der Waals surface area contributed by atoms with Gasteiger partial charge in [-0.3, -0.25) is 4.90 Å². The number of hydrogen-bond acceptors (Lipinski definition) is 1. The summed E-state index contributed by atoms with van der Waals surface area (Å²) in [5, 5.41) is 0. The van der Waals surface area contributed by atoms with Gasteiger partial charge in [0, 0.05) is 11.6 Å². The molecule has 0 aromatic heterocycles. The Morgan fingerprint density at radius 2 is 2.06 bits per heavy atom. The van der Waals surface area contributed by atoms with Crippen LogP contribution in [0.25, 0.3) is 0 Å². The summed E-state index contributed by atoms with van der Waals surface area (Å²) in [6.45, 7) is 15.6. The van der Waals surface area contributed by atoms with Gasteiger partial charge in [-0.25, -0.2) is 0 Å². The van der Waals surface area contributed by atoms with Gasteiger partial charge in [0.25, 0.3) is 0 Å². The first-order valence-corrected chi connectivity index (χ1v) is 6.82. The van der Waals surface area contributed by atoms with Crippen LogP contribution in [0.15, 0.2) is 23.8 Å². The fourth-order valence-electron chi connectivity index (χ4n) is 3.04. The van der Waals surface area contributed by atoms with Crippen molar-refractivity contribution in [2.45, 2.75) is 65.5 Å². The molecule has 2 unspecified atom stereocenters. The molecule has 0 saturated carbocycles. The molecule has 0 aromatic rings. The summed E-state index contributed by atoms with van der Waals surface area (Å²) in [5.74, 6) is 0.790. The van der Waals surface area contributed by atoms with Crippen LogP contribution in [0.2, 0.25) is 0 Å². The maximum Gasteiger partial charge on any atom is 0.0155 e. The van der Waals surface area contributed by atoms with Crippen molar-refractivity contribution in [1.82, 2.24) is 4.90 Å². The molecule has 0 aliphatic carbocycles. The average molecular weight is 235 g/mol. The van der Waals surface area contributed by atoms with Gasteiger partial charge in [0.15, 0.2) is 0 Å². The quantitative estimate of drug-likeness (QED) is 0.655. The summed E-state index contributed by atoms with van der Waals surface area (Å²) in [7, 11) is 2.26. The second-order valence-corrected chi connectivity index (χ2v) is 6.36. The van der Waals surface area contributed by atoms with Crippen LogP contribution in [0, 0.1) is 5.92 Å². The molecule has 0 spiro atoms. The molecule has 0 radical (unpaired) electrons. The fourth-order valence-corrected chi connectivity index (χ4v) is 3.04. The number of likely N-dealkylation sites (tertiary alicyclic amines) is 1. The molecular weight excluding hydrogens is 206 g/mol. The summed E-state index contributed by atoms with van der Waals surface area (Å²) < 4.78 is 0. The zero-order valence-electron chi connectivity index (χ0n) is 12.5. The molecule has 0 amide bonds. The summed E-state index contributed by atoms with van der Waals surface area (Å²) in [6, 6.07) is 0.683. The fraction of sp³-hybridized carbons (Fsp3) is 0.750. The predicted octanol–water partition coefficient (Wildman–Crippen LogP) is 4.41. The first kappa shape index (κ1) is 14.5. The largest absolute Gasteiger partial charge is 0.299 e. The van der Waals surface area contributed by atoms with Crippen LogP contribution in [0.5, 0.6) is 0 Å². The van der Waals surface area contributed by atoms with Crippen molar-refractivity contribution in [1.29, 1.82) is 0 Å². The van der Waals surface area contributed by atoms with Crippen LogP contribution >= 0.6 is 0 Å². The minimum atomic E-state index is 0.326. The number of rotatable bonds is 3. The Morgan fingerprint density at radius 3 is 2.53 bits per heavy atom. The average Bonchev–Trinajstić information content (AvgIpc) is 2.24. The highest BCUT2D eigenvalue weighted by Gasteiger charge is 2.36. The first-order chi connectivity index (χ1) is 7.77. The van der Waals surface area contributed by atoms with E-state index >= 15 is 0 Å². The lowest BCUT2D eigenvalue weighted by Gasteiger charge is -2.48. The first-order valence-electron chi connectivity index (χ1n) is 6.82. The Hall–Kier alpha value is -0.560. The Balaban J connectivity index is 2.66. The van der Waals surface area contributed by atoms with Crippen LogP contribution in [-0.4, -0.2) is 23.5 Å². The van der Waals surface area contributed by atoms with Gasteiger partial charge in [-0.1, -0.05) is 23.8 Å². The molecule has 1 heterocycles. The van der Waals surface area contributed by atoms with E-state index in [-0.39, 0.29) is 0 Å². The van der Waals surface area contributed by atoms with Crippen LogP contribution < -0.4 is 0 Å². The Bertz CT molecular complexity index is 311. The van der Waals surface area contributed by atoms with Crippen LogP contribution in [0.1, 0.15) is 53.9 Å². The highest BCUT2D eigenvalue weighted by Crippen LogP contribution is 2.37. The topological polar surface area (TPSA) is 3.24 Å². The summed E-state index contributed by atoms with van der Waals surface area (Å²) in [4.78, 5) is 2.52. The molecular formula is C16H29N. The van der Waals surface area contributed by atoms with E-state index < -0.39 is 0 Å². The van der Waals surface area contributed by atoms with E-state index in [1.165, 1.54) is 24.0 Å². The minimum absolute atomic E-state index is 0.326. The third-order valence-electron chi connectivity index (χ3n) is 4.60. The lowest BCUT2D eigenvalue weighted by molar-refractivity contribution is 0.0279. The SMILES string of the molecule is C=C(CC1CC(C)N(C)C(C)(C)C1)C(C)=CC. The van der Waals surface area contributed by atoms with Gasteiger partial charge in [0.1, 0.15) is 0 Å². The maximum absolute atomic E-state index is 4.23. The Morgan fingerprint density at radius 1 is 1.47 bits per heavy atom. The molecule has 98 valence electrons. The third kappa shape index (κ3) is 3.45. The monoisotopic (exact) mass is 235 g/mol. The molecule has 1 fully saturated rings. The molecule has 1 nitrogen and oxygen atoms in total. The van der Waals surface area contributed by atoms with Gasteiger partial charge in [-0.05, 0) is 66.8 Å². The number of piperidine rings is 1. The third-order valence-corrected chi connectivity index (χ3v) is 4.60. The molecule has 1 saturated heterocycles. The zero-order chi connectivity index (χ0) is 13.2. The highest BCUT2D eigenvalue weighted by atomic mass is 15.2. The van der Waals surface area contributed by atoms with Gasteiger partial charge < -0.3 is 0 Å². The summed E-state index contributed by atoms with van der Waals surface area (Å²) >= 11 is 0. The zero-order valence-corrected chi connectivity index (χ0v) is 12.5. The molecule has 0 N–H and O–H groups in total. The van der Waals surface area contributed by atoms with E-state index in [1.54, 1.807) is 0 Å². The maximum atomic E-state index is 4.23. The van der Waals surface area contributed by atoms with Crippen molar-refractivity contribution in [2.75, 3.05) is 7.05 Å². The van der Waals surface area contributed by atoms with Crippen molar-refractivity contribution in [2.24, 2.45) is 5.92 Å². The van der Waals surface area contributed by atoms with Gasteiger partial charge in [0.2, 0.25) is 0 Å². The molecule has 2 atom stereocenters. The van der Waals surface area contributed by atoms with Crippen molar-refractivity contribution < 1.29 is 0 Å². The van der Waals surface area contributed by atoms with Crippen LogP contribution in [0.4, 0.5) is 0 Å². The van der Waals surface area contributed by atoms with E-state index in [0.29, 0.717) is 11.6 Å². The van der Waals surface area contributed by atoms with Crippen LogP contribution in [-0.2, 0) is 0 Å². The minimum Gasteiger partial charge on any atom is -0.299 e. The summed E-state index contributed by atoms with van der Waals surface area (Å²) in [6.07, 6.45) is 5.92. The van der Waals surface area contributed by atoms with E-state index in [0.717, 1.165) is 12.3 Å². The van der Waals surface area contributed by atoms with Gasteiger partial charge >= 0.3 is 0 Å². The second kappa shape index (κ2) is 5.39. The van der Waals surface area contributed by atoms with Crippen molar-refractivity contribution in [3.63, 3.8) is 0 Å². The molecule has 1 rings (SSSR count). The Labute approximate surface area is 108 Å². The molecule has 0 bridgehead atoms. The molecule has 1 heteroatoms. The van der Waals surface area contributed by atoms with E-state index in [4.69, 9.17) is 0 Å². The molecule has 0 aromatic carbocycles. The Kier molecular flexibility index (Phi) is 4.60. The lowest BCUT2D eigenvalue weighted by Crippen LogP contribution is -2.52. The van der Waals surface area contributed by atoms with E-state index in [9.17, 15) is 0 Å². The normalized spacial score (nSPS) is 30.4. The molecule has 17 heavy (non-hydrogen) atoms. The predicted molar refractivity (Wildman–Crippen MR) is 77.2 cm³/mol. The van der Waals surface area contributed by atoms with Crippen molar-refractivity contribution >= 4 is 0 Å². The molecule has 1 aliphatic heterocycles. The van der Waals surface area contributed by atoms with Gasteiger partial charge in [-0.2, -0.15) is 0 Å². The van der Waals surface area contributed by atoms with Crippen molar-refractivity contribution in [3.05, 3.63) is 23.8 Å². The summed E-state index contributed by atoms with van der Waals surface area (Å²) in [5.41, 5.74) is 3.01.